The summed E-state index contributed by atoms with van der Waals surface area (Å²) in [6.45, 7) is 1.56. The lowest BCUT2D eigenvalue weighted by atomic mass is 10.2. The molecule has 0 saturated heterocycles. The molecule has 0 bridgehead atoms. The number of hydrogen-bond acceptors (Lipinski definition) is 2. The largest absolute Gasteiger partial charge is 0.480 e. The predicted molar refractivity (Wildman–Crippen MR) is 70.3 cm³/mol. The first-order chi connectivity index (χ1) is 9.65. The van der Waals surface area contributed by atoms with E-state index in [-0.39, 0.29) is 17.1 Å². The summed E-state index contributed by atoms with van der Waals surface area (Å²) in [6.07, 6.45) is -4.38. The molecule has 1 rings (SSSR count). The third kappa shape index (κ3) is 4.82. The number of anilines is 1. The topological polar surface area (TPSA) is 78.4 Å². The molecular weight excluding hydrogens is 313 g/mol. The van der Waals surface area contributed by atoms with Crippen molar-refractivity contribution in [1.82, 2.24) is 5.32 Å². The number of alkyl halides is 3. The Labute approximate surface area is 123 Å². The zero-order valence-corrected chi connectivity index (χ0v) is 11.5. The highest BCUT2D eigenvalue weighted by Crippen LogP contribution is 2.33. The third-order valence-corrected chi connectivity index (χ3v) is 2.87. The van der Waals surface area contributed by atoms with E-state index in [1.165, 1.54) is 0 Å². The van der Waals surface area contributed by atoms with Gasteiger partial charge in [-0.2, -0.15) is 13.2 Å². The number of hydrogen-bond donors (Lipinski definition) is 3. The van der Waals surface area contributed by atoms with Crippen molar-refractivity contribution in [2.24, 2.45) is 0 Å². The minimum atomic E-state index is -4.54. The number of benzene rings is 1. The summed E-state index contributed by atoms with van der Waals surface area (Å²) in [5.74, 6) is -1.22. The highest BCUT2D eigenvalue weighted by Gasteiger charge is 2.31. The molecule has 1 aromatic carbocycles. The monoisotopic (exact) mass is 324 g/mol. The molecule has 3 N–H and O–H groups in total. The van der Waals surface area contributed by atoms with Crippen molar-refractivity contribution in [2.45, 2.75) is 25.6 Å². The molecule has 0 heterocycles. The van der Waals surface area contributed by atoms with E-state index >= 15 is 0 Å². The molecule has 0 aliphatic heterocycles. The minimum Gasteiger partial charge on any atom is -0.480 e. The number of rotatable bonds is 4. The van der Waals surface area contributed by atoms with Gasteiger partial charge in [0.15, 0.2) is 0 Å². The van der Waals surface area contributed by atoms with E-state index in [2.05, 4.69) is 10.6 Å². The molecule has 0 aromatic heterocycles. The number of halogens is 4. The Morgan fingerprint density at radius 1 is 1.38 bits per heavy atom. The first-order valence-electron chi connectivity index (χ1n) is 5.82. The fourth-order valence-corrected chi connectivity index (χ4v) is 1.68. The molecule has 2 amide bonds. The van der Waals surface area contributed by atoms with Gasteiger partial charge >= 0.3 is 18.2 Å². The molecular formula is C12H12ClF3N2O3. The number of aliphatic carboxylic acids is 1. The lowest BCUT2D eigenvalue weighted by Crippen LogP contribution is -2.42. The maximum absolute atomic E-state index is 12.4. The average molecular weight is 325 g/mol. The highest BCUT2D eigenvalue weighted by atomic mass is 35.5. The van der Waals surface area contributed by atoms with Crippen LogP contribution in [0, 0.1) is 0 Å². The molecule has 0 aliphatic carbocycles. The molecule has 116 valence electrons. The van der Waals surface area contributed by atoms with E-state index in [0.29, 0.717) is 6.07 Å². The van der Waals surface area contributed by atoms with Gasteiger partial charge in [0.05, 0.1) is 16.3 Å². The van der Waals surface area contributed by atoms with Crippen LogP contribution in [0.25, 0.3) is 0 Å². The fourth-order valence-electron chi connectivity index (χ4n) is 1.45. The average Bonchev–Trinajstić information content (AvgIpc) is 2.36. The number of carbonyl (C=O) groups is 2. The molecule has 0 unspecified atom stereocenters. The first-order valence-corrected chi connectivity index (χ1v) is 6.20. The van der Waals surface area contributed by atoms with E-state index in [4.69, 9.17) is 16.7 Å². The number of urea groups is 1. The lowest BCUT2D eigenvalue weighted by Gasteiger charge is -2.14. The van der Waals surface area contributed by atoms with Crippen molar-refractivity contribution in [3.63, 3.8) is 0 Å². The predicted octanol–water partition coefficient (Wildman–Crippen LogP) is 3.34. The number of carboxylic acids is 1. The molecule has 9 heteroatoms. The van der Waals surface area contributed by atoms with E-state index in [0.717, 1.165) is 12.1 Å². The maximum atomic E-state index is 12.4. The van der Waals surface area contributed by atoms with Gasteiger partial charge in [0.25, 0.3) is 0 Å². The highest BCUT2D eigenvalue weighted by molar-refractivity contribution is 6.33. The summed E-state index contributed by atoms with van der Waals surface area (Å²) in [5.41, 5.74) is -1.00. The van der Waals surface area contributed by atoms with Gasteiger partial charge in [-0.15, -0.1) is 0 Å². The Hall–Kier alpha value is -1.96. The molecule has 1 aromatic rings. The van der Waals surface area contributed by atoms with Gasteiger partial charge in [-0.25, -0.2) is 9.59 Å². The van der Waals surface area contributed by atoms with Gasteiger partial charge in [0, 0.05) is 0 Å². The van der Waals surface area contributed by atoms with Crippen LogP contribution in [0.15, 0.2) is 18.2 Å². The summed E-state index contributed by atoms with van der Waals surface area (Å²) in [5, 5.41) is 12.8. The van der Waals surface area contributed by atoms with Crippen LogP contribution in [-0.4, -0.2) is 23.1 Å². The SMILES string of the molecule is CC[C@H](NC(=O)Nc1ccc(C(F)(F)F)cc1Cl)C(=O)O. The summed E-state index contributed by atoms with van der Waals surface area (Å²) < 4.78 is 37.3. The molecule has 0 radical (unpaired) electrons. The molecule has 0 fully saturated rings. The van der Waals surface area contributed by atoms with E-state index in [1.54, 1.807) is 6.92 Å². The molecule has 0 aliphatic rings. The van der Waals surface area contributed by atoms with Gasteiger partial charge in [-0.05, 0) is 24.6 Å². The number of nitrogens with one attached hydrogen (secondary N) is 2. The van der Waals surface area contributed by atoms with Crippen LogP contribution < -0.4 is 10.6 Å². The molecule has 21 heavy (non-hydrogen) atoms. The van der Waals surface area contributed by atoms with Crippen LogP contribution in [-0.2, 0) is 11.0 Å². The van der Waals surface area contributed by atoms with Crippen molar-refractivity contribution < 1.29 is 27.9 Å². The Morgan fingerprint density at radius 3 is 2.43 bits per heavy atom. The Balaban J connectivity index is 2.80. The summed E-state index contributed by atoms with van der Waals surface area (Å²) in [4.78, 5) is 22.3. The van der Waals surface area contributed by atoms with Crippen molar-refractivity contribution in [1.29, 1.82) is 0 Å². The quantitative estimate of drug-likeness (QED) is 0.794. The van der Waals surface area contributed by atoms with Crippen LogP contribution in [0.4, 0.5) is 23.7 Å². The summed E-state index contributed by atoms with van der Waals surface area (Å²) in [6, 6.07) is 0.456. The van der Waals surface area contributed by atoms with Crippen LogP contribution >= 0.6 is 11.6 Å². The van der Waals surface area contributed by atoms with E-state index in [9.17, 15) is 22.8 Å². The standard InChI is InChI=1S/C12H12ClF3N2O3/c1-2-8(10(19)20)17-11(21)18-9-4-3-6(5-7(9)13)12(14,15)16/h3-5,8H,2H2,1H3,(H,19,20)(H2,17,18,21)/t8-/m0/s1. The number of carboxylic acid groups (broad SMARTS) is 1. The number of carbonyl (C=O) groups excluding carboxylic acids is 1. The van der Waals surface area contributed by atoms with Crippen molar-refractivity contribution in [3.8, 4) is 0 Å². The van der Waals surface area contributed by atoms with Gasteiger partial charge in [-0.1, -0.05) is 18.5 Å². The molecule has 0 saturated carbocycles. The number of amides is 2. The Kier molecular flexibility index (Phi) is 5.42. The Bertz CT molecular complexity index is 549. The van der Waals surface area contributed by atoms with Crippen LogP contribution in [0.3, 0.4) is 0 Å². The van der Waals surface area contributed by atoms with Crippen LogP contribution in [0.2, 0.25) is 5.02 Å². The molecule has 1 atom stereocenters. The van der Waals surface area contributed by atoms with Gasteiger partial charge in [-0.3, -0.25) is 0 Å². The van der Waals surface area contributed by atoms with Crippen LogP contribution in [0.1, 0.15) is 18.9 Å². The normalized spacial score (nSPS) is 12.6. The maximum Gasteiger partial charge on any atom is 0.416 e. The van der Waals surface area contributed by atoms with Crippen LogP contribution in [0.5, 0.6) is 0 Å². The summed E-state index contributed by atoms with van der Waals surface area (Å²) in [7, 11) is 0. The van der Waals surface area contributed by atoms with Gasteiger partial charge < -0.3 is 15.7 Å². The molecule has 5 nitrogen and oxygen atoms in total. The molecule has 0 spiro atoms. The second-order valence-electron chi connectivity index (χ2n) is 4.09. The van der Waals surface area contributed by atoms with E-state index < -0.39 is 29.8 Å². The Morgan fingerprint density at radius 2 is 2.00 bits per heavy atom. The third-order valence-electron chi connectivity index (χ3n) is 2.56. The summed E-state index contributed by atoms with van der Waals surface area (Å²) >= 11 is 5.65. The van der Waals surface area contributed by atoms with Gasteiger partial charge in [0.2, 0.25) is 0 Å². The van der Waals surface area contributed by atoms with Crippen molar-refractivity contribution in [2.75, 3.05) is 5.32 Å². The lowest BCUT2D eigenvalue weighted by molar-refractivity contribution is -0.139. The smallest absolute Gasteiger partial charge is 0.416 e. The second-order valence-corrected chi connectivity index (χ2v) is 4.50. The van der Waals surface area contributed by atoms with Gasteiger partial charge in [0.1, 0.15) is 6.04 Å². The minimum absolute atomic E-state index is 0.0533. The fraction of sp³-hybridized carbons (Fsp3) is 0.333. The zero-order chi connectivity index (χ0) is 16.2. The second kappa shape index (κ2) is 6.66. The van der Waals surface area contributed by atoms with Crippen molar-refractivity contribution >= 4 is 29.3 Å². The zero-order valence-electron chi connectivity index (χ0n) is 10.8. The van der Waals surface area contributed by atoms with E-state index in [1.807, 2.05) is 0 Å². The van der Waals surface area contributed by atoms with Crippen molar-refractivity contribution in [3.05, 3.63) is 28.8 Å². The first kappa shape index (κ1) is 17.1.